The molecule has 152 valence electrons. The number of likely N-dealkylation sites (N-methyl/N-ethyl adjacent to an activating group) is 1. The average molecular weight is 497 g/mol. The van der Waals surface area contributed by atoms with Gasteiger partial charge >= 0.3 is 0 Å². The summed E-state index contributed by atoms with van der Waals surface area (Å²) in [6.07, 6.45) is 2.52. The number of ether oxygens (including phenoxy) is 1. The number of aromatic nitrogens is 1. The number of hydrogen-bond acceptors (Lipinski definition) is 5. The fourth-order valence-corrected chi connectivity index (χ4v) is 3.18. The molecule has 0 amide bonds. The van der Waals surface area contributed by atoms with Crippen molar-refractivity contribution < 1.29 is 4.74 Å². The van der Waals surface area contributed by atoms with Gasteiger partial charge in [0.25, 0.3) is 0 Å². The smallest absolute Gasteiger partial charge is 0.194 e. The second kappa shape index (κ2) is 14.6. The van der Waals surface area contributed by atoms with E-state index in [1.54, 1.807) is 18.4 Å². The standard InChI is InChI=1S/C18H35N5OS.HI/c1-7-9-11-22(4)12-10-20-18(19-8-2)23(5)13-16-14-25-17(21-16)15(3)24-6;/h14-15H,7-13H2,1-6H3,(H,19,20);1H. The van der Waals surface area contributed by atoms with Crippen LogP contribution in [-0.4, -0.2) is 68.1 Å². The Kier molecular flexibility index (Phi) is 14.3. The van der Waals surface area contributed by atoms with E-state index in [0.717, 1.165) is 49.4 Å². The van der Waals surface area contributed by atoms with Crippen LogP contribution in [0, 0.1) is 0 Å². The highest BCUT2D eigenvalue weighted by Gasteiger charge is 2.12. The number of halogens is 1. The first-order valence-corrected chi connectivity index (χ1v) is 10.0. The Morgan fingerprint density at radius 1 is 1.35 bits per heavy atom. The van der Waals surface area contributed by atoms with Gasteiger partial charge in [-0.3, -0.25) is 4.99 Å². The number of nitrogens with zero attached hydrogens (tertiary/aromatic N) is 4. The first-order valence-electron chi connectivity index (χ1n) is 9.16. The van der Waals surface area contributed by atoms with Gasteiger partial charge in [-0.15, -0.1) is 35.3 Å². The van der Waals surface area contributed by atoms with Crippen LogP contribution in [0.2, 0.25) is 0 Å². The fraction of sp³-hybridized carbons (Fsp3) is 0.778. The number of guanidine groups is 1. The van der Waals surface area contributed by atoms with Gasteiger partial charge < -0.3 is 19.9 Å². The third kappa shape index (κ3) is 9.48. The molecular weight excluding hydrogens is 461 g/mol. The SMILES string of the molecule is CCCCN(C)CCN=C(NCC)N(C)Cc1csc(C(C)OC)n1.I. The van der Waals surface area contributed by atoms with Gasteiger partial charge in [-0.25, -0.2) is 4.98 Å². The minimum absolute atomic E-state index is 0. The second-order valence-electron chi connectivity index (χ2n) is 6.30. The van der Waals surface area contributed by atoms with Crippen molar-refractivity contribution >= 4 is 41.3 Å². The topological polar surface area (TPSA) is 53.0 Å². The van der Waals surface area contributed by atoms with Gasteiger partial charge in [0.15, 0.2) is 5.96 Å². The van der Waals surface area contributed by atoms with Crippen LogP contribution in [0.25, 0.3) is 0 Å². The van der Waals surface area contributed by atoms with E-state index in [4.69, 9.17) is 9.73 Å². The Morgan fingerprint density at radius 2 is 2.08 bits per heavy atom. The Bertz CT molecular complexity index is 512. The Balaban J connectivity index is 0.00000625. The molecule has 1 unspecified atom stereocenters. The zero-order valence-corrected chi connectivity index (χ0v) is 20.3. The molecule has 0 radical (unpaired) electrons. The van der Waals surface area contributed by atoms with E-state index in [9.17, 15) is 0 Å². The van der Waals surface area contributed by atoms with Crippen molar-refractivity contribution in [2.75, 3.05) is 47.4 Å². The summed E-state index contributed by atoms with van der Waals surface area (Å²) in [6, 6.07) is 0. The van der Waals surface area contributed by atoms with Crippen LogP contribution in [0.15, 0.2) is 10.4 Å². The van der Waals surface area contributed by atoms with Gasteiger partial charge in [0.2, 0.25) is 0 Å². The number of unbranched alkanes of at least 4 members (excludes halogenated alkanes) is 1. The highest BCUT2D eigenvalue weighted by atomic mass is 127. The van der Waals surface area contributed by atoms with E-state index in [0.29, 0.717) is 0 Å². The van der Waals surface area contributed by atoms with Gasteiger partial charge in [0, 0.05) is 32.6 Å². The summed E-state index contributed by atoms with van der Waals surface area (Å²) in [5.41, 5.74) is 1.05. The summed E-state index contributed by atoms with van der Waals surface area (Å²) in [6.45, 7) is 10.9. The maximum absolute atomic E-state index is 5.34. The van der Waals surface area contributed by atoms with Crippen molar-refractivity contribution in [2.24, 2.45) is 4.99 Å². The minimum atomic E-state index is 0. The molecule has 1 aromatic rings. The van der Waals surface area contributed by atoms with Crippen LogP contribution in [0.4, 0.5) is 0 Å². The van der Waals surface area contributed by atoms with Gasteiger partial charge in [-0.05, 0) is 33.9 Å². The first kappa shape index (κ1) is 25.6. The first-order chi connectivity index (χ1) is 12.0. The lowest BCUT2D eigenvalue weighted by molar-refractivity contribution is 0.119. The average Bonchev–Trinajstić information content (AvgIpc) is 3.06. The third-order valence-corrected chi connectivity index (χ3v) is 5.06. The van der Waals surface area contributed by atoms with Gasteiger partial charge in [0.1, 0.15) is 11.1 Å². The number of rotatable bonds is 11. The van der Waals surface area contributed by atoms with Gasteiger partial charge in [-0.2, -0.15) is 0 Å². The largest absolute Gasteiger partial charge is 0.375 e. The number of methoxy groups -OCH3 is 1. The molecule has 0 aliphatic rings. The van der Waals surface area contributed by atoms with Crippen LogP contribution < -0.4 is 5.32 Å². The van der Waals surface area contributed by atoms with Crippen molar-refractivity contribution in [3.8, 4) is 0 Å². The second-order valence-corrected chi connectivity index (χ2v) is 7.19. The van der Waals surface area contributed by atoms with E-state index < -0.39 is 0 Å². The molecule has 0 spiro atoms. The molecule has 1 aromatic heterocycles. The molecule has 0 aliphatic heterocycles. The molecule has 1 atom stereocenters. The molecule has 0 saturated carbocycles. The van der Waals surface area contributed by atoms with E-state index in [-0.39, 0.29) is 30.1 Å². The molecule has 8 heteroatoms. The lowest BCUT2D eigenvalue weighted by atomic mass is 10.3. The number of thiazole rings is 1. The third-order valence-electron chi connectivity index (χ3n) is 4.00. The van der Waals surface area contributed by atoms with E-state index in [2.05, 4.69) is 53.4 Å². The van der Waals surface area contributed by atoms with Crippen LogP contribution in [0.5, 0.6) is 0 Å². The van der Waals surface area contributed by atoms with Gasteiger partial charge in [-0.1, -0.05) is 13.3 Å². The van der Waals surface area contributed by atoms with Crippen LogP contribution in [0.3, 0.4) is 0 Å². The Labute approximate surface area is 180 Å². The Morgan fingerprint density at radius 3 is 2.69 bits per heavy atom. The monoisotopic (exact) mass is 497 g/mol. The summed E-state index contributed by atoms with van der Waals surface area (Å²) < 4.78 is 5.34. The highest BCUT2D eigenvalue weighted by molar-refractivity contribution is 14.0. The molecule has 26 heavy (non-hydrogen) atoms. The summed E-state index contributed by atoms with van der Waals surface area (Å²) in [5, 5.41) is 6.49. The van der Waals surface area contributed by atoms with E-state index >= 15 is 0 Å². The Hall–Kier alpha value is -0.450. The number of aliphatic imine (C=N–C) groups is 1. The zero-order valence-electron chi connectivity index (χ0n) is 17.1. The molecule has 1 heterocycles. The number of nitrogens with one attached hydrogen (secondary N) is 1. The summed E-state index contributed by atoms with van der Waals surface area (Å²) in [4.78, 5) is 13.9. The van der Waals surface area contributed by atoms with Gasteiger partial charge in [0.05, 0.1) is 18.8 Å². The summed E-state index contributed by atoms with van der Waals surface area (Å²) in [5.74, 6) is 0.931. The van der Waals surface area contributed by atoms with Crippen molar-refractivity contribution in [2.45, 2.75) is 46.3 Å². The normalized spacial score (nSPS) is 12.8. The summed E-state index contributed by atoms with van der Waals surface area (Å²) in [7, 11) is 5.93. The predicted octanol–water partition coefficient (Wildman–Crippen LogP) is 3.60. The molecule has 1 N–H and O–H groups in total. The molecule has 0 aromatic carbocycles. The number of hydrogen-bond donors (Lipinski definition) is 1. The molecule has 0 fully saturated rings. The fourth-order valence-electron chi connectivity index (χ4n) is 2.34. The molecular formula is C18H36IN5OS. The lowest BCUT2D eigenvalue weighted by Gasteiger charge is -2.22. The quantitative estimate of drug-likeness (QED) is 0.288. The lowest BCUT2D eigenvalue weighted by Crippen LogP contribution is -2.39. The van der Waals surface area contributed by atoms with Crippen molar-refractivity contribution in [1.29, 1.82) is 0 Å². The van der Waals surface area contributed by atoms with E-state index in [1.807, 2.05) is 6.92 Å². The molecule has 1 rings (SSSR count). The molecule has 0 saturated heterocycles. The molecule has 6 nitrogen and oxygen atoms in total. The van der Waals surface area contributed by atoms with Crippen LogP contribution in [-0.2, 0) is 11.3 Å². The van der Waals surface area contributed by atoms with Crippen LogP contribution in [0.1, 0.15) is 50.4 Å². The van der Waals surface area contributed by atoms with Crippen molar-refractivity contribution in [3.63, 3.8) is 0 Å². The highest BCUT2D eigenvalue weighted by Crippen LogP contribution is 2.20. The zero-order chi connectivity index (χ0) is 18.7. The minimum Gasteiger partial charge on any atom is -0.375 e. The van der Waals surface area contributed by atoms with Crippen molar-refractivity contribution in [1.82, 2.24) is 20.1 Å². The molecule has 0 bridgehead atoms. The van der Waals surface area contributed by atoms with Crippen molar-refractivity contribution in [3.05, 3.63) is 16.1 Å². The maximum Gasteiger partial charge on any atom is 0.194 e. The maximum atomic E-state index is 5.34. The molecule has 0 aliphatic carbocycles. The van der Waals surface area contributed by atoms with Crippen LogP contribution >= 0.6 is 35.3 Å². The predicted molar refractivity (Wildman–Crippen MR) is 123 cm³/mol. The summed E-state index contributed by atoms with van der Waals surface area (Å²) >= 11 is 1.65. The van der Waals surface area contributed by atoms with E-state index in [1.165, 1.54) is 12.8 Å².